The zero-order valence-corrected chi connectivity index (χ0v) is 18.5. The van der Waals surface area contributed by atoms with Gasteiger partial charge < -0.3 is 9.64 Å². The number of hydrogen-bond acceptors (Lipinski definition) is 9. The summed E-state index contributed by atoms with van der Waals surface area (Å²) in [7, 11) is -1.09. The predicted octanol–water partition coefficient (Wildman–Crippen LogP) is 0.779. The number of nitro groups is 1. The number of nitro benzene ring substituents is 1. The first-order valence-corrected chi connectivity index (χ1v) is 11.1. The molecule has 0 radical (unpaired) electrons. The van der Waals surface area contributed by atoms with Gasteiger partial charge in [-0.3, -0.25) is 29.4 Å². The summed E-state index contributed by atoms with van der Waals surface area (Å²) in [5.41, 5.74) is 0.324. The van der Waals surface area contributed by atoms with Crippen LogP contribution in [-0.2, 0) is 19.6 Å². The van der Waals surface area contributed by atoms with Gasteiger partial charge in [0.2, 0.25) is 10.0 Å². The second-order valence-corrected chi connectivity index (χ2v) is 8.92. The lowest BCUT2D eigenvalue weighted by molar-refractivity contribution is -0.384. The molecule has 0 unspecified atom stereocenters. The molecule has 1 N–H and O–H groups in total. The standard InChI is InChI=1S/C20H20N4O8S/c1-22(2)16-8-7-13(11-17(16)24(28)29)33(30,31)21-12-18(25)32-10-9-23-19(26)14-5-3-4-6-15(14)20(23)27/h3-8,11,21H,9-10,12H2,1-2H3. The lowest BCUT2D eigenvalue weighted by Gasteiger charge is -2.14. The minimum Gasteiger partial charge on any atom is -0.463 e. The Bertz CT molecular complexity index is 1210. The summed E-state index contributed by atoms with van der Waals surface area (Å²) in [5.74, 6) is -1.96. The molecule has 0 aromatic heterocycles. The fourth-order valence-electron chi connectivity index (χ4n) is 3.18. The van der Waals surface area contributed by atoms with Crippen molar-refractivity contribution >= 4 is 39.2 Å². The number of nitrogens with one attached hydrogen (secondary N) is 1. The van der Waals surface area contributed by atoms with E-state index in [4.69, 9.17) is 4.74 Å². The third-order valence-electron chi connectivity index (χ3n) is 4.80. The number of esters is 1. The number of fused-ring (bicyclic) bond motifs is 1. The van der Waals surface area contributed by atoms with Crippen molar-refractivity contribution in [1.82, 2.24) is 9.62 Å². The highest BCUT2D eigenvalue weighted by atomic mass is 32.2. The molecule has 13 heteroatoms. The summed E-state index contributed by atoms with van der Waals surface area (Å²) >= 11 is 0. The minimum atomic E-state index is -4.24. The first-order chi connectivity index (χ1) is 15.5. The van der Waals surface area contributed by atoms with E-state index in [2.05, 4.69) is 0 Å². The number of carbonyl (C=O) groups excluding carboxylic acids is 3. The van der Waals surface area contributed by atoms with Crippen LogP contribution < -0.4 is 9.62 Å². The fraction of sp³-hybridized carbons (Fsp3) is 0.250. The number of nitrogens with zero attached hydrogens (tertiary/aromatic N) is 3. The SMILES string of the molecule is CN(C)c1ccc(S(=O)(=O)NCC(=O)OCCN2C(=O)c3ccccc3C2=O)cc1[N+](=O)[O-]. The smallest absolute Gasteiger partial charge is 0.321 e. The van der Waals surface area contributed by atoms with Gasteiger partial charge in [0.05, 0.1) is 27.5 Å². The third kappa shape index (κ3) is 4.99. The fourth-order valence-corrected chi connectivity index (χ4v) is 4.16. The van der Waals surface area contributed by atoms with Gasteiger partial charge in [0.25, 0.3) is 17.5 Å². The molecule has 174 valence electrons. The van der Waals surface area contributed by atoms with E-state index < -0.39 is 49.9 Å². The number of sulfonamides is 1. The Labute approximate surface area is 188 Å². The normalized spacial score (nSPS) is 13.1. The summed E-state index contributed by atoms with van der Waals surface area (Å²) in [5, 5.41) is 11.3. The quantitative estimate of drug-likeness (QED) is 0.239. The Balaban J connectivity index is 1.56. The van der Waals surface area contributed by atoms with Gasteiger partial charge in [-0.15, -0.1) is 0 Å². The van der Waals surface area contributed by atoms with Crippen molar-refractivity contribution in [3.63, 3.8) is 0 Å². The van der Waals surface area contributed by atoms with Crippen molar-refractivity contribution < 1.29 is 32.5 Å². The van der Waals surface area contributed by atoms with Crippen LogP contribution in [-0.4, -0.2) is 69.8 Å². The van der Waals surface area contributed by atoms with Crippen LogP contribution in [0.3, 0.4) is 0 Å². The Morgan fingerprint density at radius 1 is 1.12 bits per heavy atom. The van der Waals surface area contributed by atoms with Gasteiger partial charge >= 0.3 is 5.97 Å². The van der Waals surface area contributed by atoms with Crippen molar-refractivity contribution in [3.05, 3.63) is 63.7 Å². The van der Waals surface area contributed by atoms with Crippen LogP contribution >= 0.6 is 0 Å². The Morgan fingerprint density at radius 2 is 1.73 bits per heavy atom. The molecule has 0 saturated carbocycles. The second-order valence-electron chi connectivity index (χ2n) is 7.15. The van der Waals surface area contributed by atoms with E-state index in [0.29, 0.717) is 0 Å². The number of hydrogen-bond donors (Lipinski definition) is 1. The Hall–Kier alpha value is -3.84. The average molecular weight is 476 g/mol. The number of ether oxygens (including phenoxy) is 1. The molecule has 2 amide bonds. The number of carbonyl (C=O) groups is 3. The van der Waals surface area contributed by atoms with Gasteiger partial charge in [-0.05, 0) is 24.3 Å². The van der Waals surface area contributed by atoms with Gasteiger partial charge in [-0.1, -0.05) is 12.1 Å². The molecule has 2 aromatic carbocycles. The maximum atomic E-state index is 12.4. The van der Waals surface area contributed by atoms with Crippen molar-refractivity contribution in [2.24, 2.45) is 0 Å². The van der Waals surface area contributed by atoms with Crippen LogP contribution in [0.2, 0.25) is 0 Å². The molecule has 0 fully saturated rings. The Morgan fingerprint density at radius 3 is 2.27 bits per heavy atom. The lowest BCUT2D eigenvalue weighted by atomic mass is 10.1. The van der Waals surface area contributed by atoms with Crippen LogP contribution in [0.5, 0.6) is 0 Å². The molecule has 1 aliphatic heterocycles. The summed E-state index contributed by atoms with van der Waals surface area (Å²) in [6.07, 6.45) is 0. The van der Waals surface area contributed by atoms with Crippen molar-refractivity contribution in [2.75, 3.05) is 38.7 Å². The van der Waals surface area contributed by atoms with E-state index in [-0.39, 0.29) is 30.0 Å². The van der Waals surface area contributed by atoms with E-state index in [1.54, 1.807) is 26.2 Å². The molecule has 0 spiro atoms. The number of anilines is 1. The van der Waals surface area contributed by atoms with Crippen LogP contribution in [0.1, 0.15) is 20.7 Å². The molecular weight excluding hydrogens is 456 g/mol. The third-order valence-corrected chi connectivity index (χ3v) is 6.20. The number of amides is 2. The monoisotopic (exact) mass is 476 g/mol. The first kappa shape index (κ1) is 23.8. The predicted molar refractivity (Wildman–Crippen MR) is 115 cm³/mol. The maximum Gasteiger partial charge on any atom is 0.321 e. The van der Waals surface area contributed by atoms with E-state index in [1.807, 2.05) is 4.72 Å². The summed E-state index contributed by atoms with van der Waals surface area (Å²) in [6.45, 7) is -1.26. The molecule has 2 aromatic rings. The molecular formula is C20H20N4O8S. The molecule has 33 heavy (non-hydrogen) atoms. The molecule has 1 heterocycles. The number of benzene rings is 2. The van der Waals surface area contributed by atoms with Crippen molar-refractivity contribution in [3.8, 4) is 0 Å². The van der Waals surface area contributed by atoms with Gasteiger partial charge in [0, 0.05) is 20.2 Å². The molecule has 0 saturated heterocycles. The molecule has 0 atom stereocenters. The molecule has 3 rings (SSSR count). The summed E-state index contributed by atoms with van der Waals surface area (Å²) < 4.78 is 31.8. The zero-order valence-electron chi connectivity index (χ0n) is 17.7. The van der Waals surface area contributed by atoms with E-state index in [9.17, 15) is 32.9 Å². The van der Waals surface area contributed by atoms with Gasteiger partial charge in [-0.25, -0.2) is 8.42 Å². The number of rotatable bonds is 9. The minimum absolute atomic E-state index is 0.191. The van der Waals surface area contributed by atoms with Crippen LogP contribution in [0, 0.1) is 10.1 Å². The molecule has 0 aliphatic carbocycles. The highest BCUT2D eigenvalue weighted by Gasteiger charge is 2.34. The summed E-state index contributed by atoms with van der Waals surface area (Å²) in [6, 6.07) is 9.65. The zero-order chi connectivity index (χ0) is 24.3. The Kier molecular flexibility index (Phi) is 6.74. The molecule has 0 bridgehead atoms. The number of imide groups is 1. The van der Waals surface area contributed by atoms with Gasteiger partial charge in [-0.2, -0.15) is 4.72 Å². The molecule has 12 nitrogen and oxygen atoms in total. The van der Waals surface area contributed by atoms with Crippen LogP contribution in [0.4, 0.5) is 11.4 Å². The van der Waals surface area contributed by atoms with E-state index >= 15 is 0 Å². The highest BCUT2D eigenvalue weighted by molar-refractivity contribution is 7.89. The van der Waals surface area contributed by atoms with Crippen molar-refractivity contribution in [1.29, 1.82) is 0 Å². The summed E-state index contributed by atoms with van der Waals surface area (Å²) in [4.78, 5) is 49.0. The topological polar surface area (TPSA) is 156 Å². The van der Waals surface area contributed by atoms with Gasteiger partial charge in [0.1, 0.15) is 18.8 Å². The van der Waals surface area contributed by atoms with Gasteiger partial charge in [0.15, 0.2) is 0 Å². The lowest BCUT2D eigenvalue weighted by Crippen LogP contribution is -2.35. The van der Waals surface area contributed by atoms with E-state index in [0.717, 1.165) is 11.0 Å². The first-order valence-electron chi connectivity index (χ1n) is 9.59. The average Bonchev–Trinajstić information content (AvgIpc) is 3.02. The van der Waals surface area contributed by atoms with Crippen LogP contribution in [0.25, 0.3) is 0 Å². The van der Waals surface area contributed by atoms with E-state index in [1.165, 1.54) is 29.2 Å². The highest BCUT2D eigenvalue weighted by Crippen LogP contribution is 2.29. The maximum absolute atomic E-state index is 12.4. The second kappa shape index (κ2) is 9.34. The van der Waals surface area contributed by atoms with Crippen LogP contribution in [0.15, 0.2) is 47.4 Å². The van der Waals surface area contributed by atoms with Crippen molar-refractivity contribution in [2.45, 2.75) is 4.90 Å². The largest absolute Gasteiger partial charge is 0.463 e. The molecule has 1 aliphatic rings.